The molecule has 0 saturated heterocycles. The fourth-order valence-electron chi connectivity index (χ4n) is 1.06. The summed E-state index contributed by atoms with van der Waals surface area (Å²) < 4.78 is 0. The maximum atomic E-state index is 11.6. The van der Waals surface area contributed by atoms with E-state index in [0.717, 1.165) is 0 Å². The fraction of sp³-hybridized carbons (Fsp3) is 0.222. The fourth-order valence-corrected chi connectivity index (χ4v) is 1.06. The van der Waals surface area contributed by atoms with Crippen LogP contribution in [-0.4, -0.2) is 23.5 Å². The number of allylic oxidation sites excluding steroid dienone is 2. The third-order valence-electron chi connectivity index (χ3n) is 1.81. The van der Waals surface area contributed by atoms with Crippen molar-refractivity contribution in [3.8, 4) is 0 Å². The third kappa shape index (κ3) is 1.64. The topological polar surface area (TPSA) is 75.9 Å². The zero-order valence-electron chi connectivity index (χ0n) is 7.35. The first kappa shape index (κ1) is 9.99. The maximum absolute atomic E-state index is 11.6. The SMILES string of the molecule is CC1(N=C=O)C=CC=C(N=C=O)C1=O. The molecule has 0 amide bonds. The second kappa shape index (κ2) is 3.75. The average Bonchev–Trinajstić information content (AvgIpc) is 2.14. The number of Topliss-reactive ketones (excluding diaryl/α,β-unsaturated/α-hetero) is 1. The molecule has 1 atom stereocenters. The number of nitrogens with zero attached hydrogens (tertiary/aromatic N) is 2. The van der Waals surface area contributed by atoms with E-state index < -0.39 is 11.3 Å². The summed E-state index contributed by atoms with van der Waals surface area (Å²) in [4.78, 5) is 38.2. The van der Waals surface area contributed by atoms with Crippen LogP contribution in [0, 0.1) is 0 Å². The molecule has 0 spiro atoms. The van der Waals surface area contributed by atoms with Crippen molar-refractivity contribution < 1.29 is 14.4 Å². The van der Waals surface area contributed by atoms with Gasteiger partial charge in [0.05, 0.1) is 0 Å². The molecule has 70 valence electrons. The molecule has 1 rings (SSSR count). The van der Waals surface area contributed by atoms with E-state index in [1.807, 2.05) is 0 Å². The van der Waals surface area contributed by atoms with Crippen LogP contribution >= 0.6 is 0 Å². The Balaban J connectivity index is 3.17. The van der Waals surface area contributed by atoms with Gasteiger partial charge in [0.1, 0.15) is 5.70 Å². The van der Waals surface area contributed by atoms with Crippen molar-refractivity contribution in [3.63, 3.8) is 0 Å². The van der Waals surface area contributed by atoms with Crippen LogP contribution in [0.5, 0.6) is 0 Å². The maximum Gasteiger partial charge on any atom is 0.240 e. The monoisotopic (exact) mass is 190 g/mol. The van der Waals surface area contributed by atoms with E-state index in [9.17, 15) is 14.4 Å². The van der Waals surface area contributed by atoms with Gasteiger partial charge in [-0.25, -0.2) is 9.59 Å². The van der Waals surface area contributed by atoms with Gasteiger partial charge in [-0.2, -0.15) is 9.98 Å². The number of hydrogen-bond donors (Lipinski definition) is 0. The highest BCUT2D eigenvalue weighted by Gasteiger charge is 2.34. The lowest BCUT2D eigenvalue weighted by atomic mass is 9.91. The van der Waals surface area contributed by atoms with Gasteiger partial charge in [0, 0.05) is 0 Å². The first-order valence-corrected chi connectivity index (χ1v) is 3.75. The van der Waals surface area contributed by atoms with Crippen molar-refractivity contribution in [1.29, 1.82) is 0 Å². The van der Waals surface area contributed by atoms with E-state index in [1.54, 1.807) is 0 Å². The molecule has 0 N–H and O–H groups in total. The normalized spacial score (nSPS) is 24.6. The summed E-state index contributed by atoms with van der Waals surface area (Å²) in [5.41, 5.74) is -1.37. The van der Waals surface area contributed by atoms with Gasteiger partial charge in [0.2, 0.25) is 17.9 Å². The summed E-state index contributed by atoms with van der Waals surface area (Å²) in [5.74, 6) is -0.522. The van der Waals surface area contributed by atoms with Crippen LogP contribution in [-0.2, 0) is 14.4 Å². The lowest BCUT2D eigenvalue weighted by Crippen LogP contribution is -2.33. The quantitative estimate of drug-likeness (QED) is 0.468. The number of rotatable bonds is 2. The molecule has 14 heavy (non-hydrogen) atoms. The number of carbonyl (C=O) groups is 1. The Morgan fingerprint density at radius 3 is 2.64 bits per heavy atom. The van der Waals surface area contributed by atoms with Crippen LogP contribution in [0.25, 0.3) is 0 Å². The second-order valence-electron chi connectivity index (χ2n) is 2.79. The number of hydrogen-bond acceptors (Lipinski definition) is 5. The highest BCUT2D eigenvalue weighted by atomic mass is 16.1. The standard InChI is InChI=1S/C9H6N2O3/c1-9(11-6-13)4-2-3-7(8(9)14)10-5-12/h2-4H,1H3. The Morgan fingerprint density at radius 1 is 1.36 bits per heavy atom. The largest absolute Gasteiger partial charge is 0.289 e. The van der Waals surface area contributed by atoms with Crippen LogP contribution in [0.4, 0.5) is 0 Å². The number of ketones is 1. The average molecular weight is 190 g/mol. The van der Waals surface area contributed by atoms with Crippen molar-refractivity contribution in [2.24, 2.45) is 9.98 Å². The van der Waals surface area contributed by atoms with Crippen molar-refractivity contribution in [2.45, 2.75) is 12.5 Å². The van der Waals surface area contributed by atoms with E-state index in [1.165, 1.54) is 37.3 Å². The zero-order chi connectivity index (χ0) is 10.6. The lowest BCUT2D eigenvalue weighted by molar-refractivity contribution is -0.118. The summed E-state index contributed by atoms with van der Waals surface area (Å²) in [6.07, 6.45) is 6.86. The molecule has 1 aliphatic rings. The van der Waals surface area contributed by atoms with Gasteiger partial charge in [-0.15, -0.1) is 0 Å². The summed E-state index contributed by atoms with van der Waals surface area (Å²) in [6, 6.07) is 0. The minimum absolute atomic E-state index is 0.0657. The molecule has 0 heterocycles. The van der Waals surface area contributed by atoms with Crippen molar-refractivity contribution in [3.05, 3.63) is 23.9 Å². The predicted molar refractivity (Wildman–Crippen MR) is 46.9 cm³/mol. The minimum Gasteiger partial charge on any atom is -0.289 e. The molecular weight excluding hydrogens is 184 g/mol. The van der Waals surface area contributed by atoms with Gasteiger partial charge >= 0.3 is 0 Å². The molecule has 1 unspecified atom stereocenters. The molecule has 0 saturated carbocycles. The highest BCUT2D eigenvalue weighted by molar-refractivity contribution is 6.06. The Hall–Kier alpha value is -2.09. The van der Waals surface area contributed by atoms with Crippen molar-refractivity contribution >= 4 is 17.9 Å². The van der Waals surface area contributed by atoms with Crippen LogP contribution in [0.15, 0.2) is 33.9 Å². The third-order valence-corrected chi connectivity index (χ3v) is 1.81. The summed E-state index contributed by atoms with van der Waals surface area (Å²) in [5, 5.41) is 0. The van der Waals surface area contributed by atoms with E-state index >= 15 is 0 Å². The highest BCUT2D eigenvalue weighted by Crippen LogP contribution is 2.22. The number of isocyanates is 2. The molecule has 0 bridgehead atoms. The van der Waals surface area contributed by atoms with E-state index in [-0.39, 0.29) is 5.70 Å². The molecule has 5 heteroatoms. The second-order valence-corrected chi connectivity index (χ2v) is 2.79. The van der Waals surface area contributed by atoms with Gasteiger partial charge in [-0.05, 0) is 19.1 Å². The van der Waals surface area contributed by atoms with Gasteiger partial charge in [-0.1, -0.05) is 6.08 Å². The van der Waals surface area contributed by atoms with Crippen molar-refractivity contribution in [1.82, 2.24) is 0 Å². The molecule has 0 aliphatic heterocycles. The summed E-state index contributed by atoms with van der Waals surface area (Å²) in [6.45, 7) is 1.43. The number of aliphatic imine (C=N–C) groups is 2. The van der Waals surface area contributed by atoms with Gasteiger partial charge < -0.3 is 0 Å². The van der Waals surface area contributed by atoms with Gasteiger partial charge in [-0.3, -0.25) is 4.79 Å². The van der Waals surface area contributed by atoms with Gasteiger partial charge in [0.15, 0.2) is 5.54 Å². The van der Waals surface area contributed by atoms with Crippen LogP contribution < -0.4 is 0 Å². The first-order chi connectivity index (χ1) is 6.64. The van der Waals surface area contributed by atoms with E-state index in [2.05, 4.69) is 9.98 Å². The molecule has 5 nitrogen and oxygen atoms in total. The Labute approximate surface area is 79.5 Å². The Kier molecular flexibility index (Phi) is 2.67. The predicted octanol–water partition coefficient (Wildman–Crippen LogP) is 0.439. The number of carbonyl (C=O) groups excluding carboxylic acids is 3. The molecule has 1 aliphatic carbocycles. The molecule has 0 radical (unpaired) electrons. The van der Waals surface area contributed by atoms with Crippen molar-refractivity contribution in [2.75, 3.05) is 0 Å². The van der Waals surface area contributed by atoms with E-state index in [4.69, 9.17) is 0 Å². The molecule has 0 aromatic carbocycles. The van der Waals surface area contributed by atoms with Gasteiger partial charge in [0.25, 0.3) is 0 Å². The van der Waals surface area contributed by atoms with Crippen LogP contribution in [0.3, 0.4) is 0 Å². The zero-order valence-corrected chi connectivity index (χ0v) is 7.35. The van der Waals surface area contributed by atoms with Crippen LogP contribution in [0.1, 0.15) is 6.92 Å². The lowest BCUT2D eigenvalue weighted by Gasteiger charge is -2.19. The van der Waals surface area contributed by atoms with E-state index in [0.29, 0.717) is 0 Å². The smallest absolute Gasteiger partial charge is 0.240 e. The first-order valence-electron chi connectivity index (χ1n) is 3.75. The summed E-state index contributed by atoms with van der Waals surface area (Å²) >= 11 is 0. The molecular formula is C9H6N2O3. The Bertz CT molecular complexity index is 423. The minimum atomic E-state index is -1.30. The Morgan fingerprint density at radius 2 is 2.07 bits per heavy atom. The molecule has 0 fully saturated rings. The summed E-state index contributed by atoms with van der Waals surface area (Å²) in [7, 11) is 0. The van der Waals surface area contributed by atoms with Crippen LogP contribution in [0.2, 0.25) is 0 Å². The molecule has 0 aromatic heterocycles. The molecule has 0 aromatic rings.